The molecule has 144 valence electrons. The number of aromatic nitrogens is 3. The number of hydrogen-bond donors (Lipinski definition) is 2. The van der Waals surface area contributed by atoms with Gasteiger partial charge in [0.25, 0.3) is 0 Å². The Morgan fingerprint density at radius 2 is 2.11 bits per heavy atom. The second-order valence-corrected chi connectivity index (χ2v) is 7.35. The number of anilines is 1. The van der Waals surface area contributed by atoms with Gasteiger partial charge in [0.2, 0.25) is 0 Å². The van der Waals surface area contributed by atoms with E-state index in [1.807, 2.05) is 13.0 Å². The van der Waals surface area contributed by atoms with Gasteiger partial charge in [-0.1, -0.05) is 0 Å². The number of aryl methyl sites for hydroxylation is 3. The van der Waals surface area contributed by atoms with Gasteiger partial charge in [-0.3, -0.25) is 4.57 Å². The number of amides is 1. The predicted molar refractivity (Wildman–Crippen MR) is 95.1 cm³/mol. The van der Waals surface area contributed by atoms with Crippen LogP contribution in [0, 0.1) is 13.8 Å². The molecule has 2 aromatic rings. The van der Waals surface area contributed by atoms with Crippen molar-refractivity contribution in [1.82, 2.24) is 19.4 Å². The van der Waals surface area contributed by atoms with E-state index >= 15 is 0 Å². The fourth-order valence-corrected chi connectivity index (χ4v) is 4.05. The summed E-state index contributed by atoms with van der Waals surface area (Å²) in [4.78, 5) is 21.6. The number of imidazole rings is 1. The van der Waals surface area contributed by atoms with Crippen LogP contribution >= 0.6 is 0 Å². The molecule has 7 nitrogen and oxygen atoms in total. The van der Waals surface area contributed by atoms with Crippen LogP contribution in [0.4, 0.5) is 19.4 Å². The number of likely N-dealkylation sites (tertiary alicyclic amines) is 1. The van der Waals surface area contributed by atoms with E-state index < -0.39 is 12.6 Å². The summed E-state index contributed by atoms with van der Waals surface area (Å²) in [5.74, 6) is 1.01. The fourth-order valence-electron chi connectivity index (χ4n) is 4.05. The molecule has 2 aliphatic heterocycles. The van der Waals surface area contributed by atoms with Crippen LogP contribution in [0.15, 0.2) is 12.3 Å². The molecule has 0 saturated carbocycles. The van der Waals surface area contributed by atoms with Gasteiger partial charge in [-0.25, -0.2) is 14.8 Å². The minimum absolute atomic E-state index is 0.258. The van der Waals surface area contributed by atoms with Crippen LogP contribution in [0.25, 0.3) is 11.3 Å². The maximum Gasteiger partial charge on any atom is 0.407 e. The number of fused-ring (bicyclic) bond motifs is 1. The molecule has 0 radical (unpaired) electrons. The van der Waals surface area contributed by atoms with Crippen LogP contribution in [0.3, 0.4) is 0 Å². The highest BCUT2D eigenvalue weighted by molar-refractivity contribution is 5.68. The van der Waals surface area contributed by atoms with Crippen LogP contribution in [-0.2, 0) is 6.42 Å². The molecule has 4 rings (SSSR count). The van der Waals surface area contributed by atoms with Crippen molar-refractivity contribution in [2.75, 3.05) is 18.4 Å². The first-order chi connectivity index (χ1) is 12.8. The van der Waals surface area contributed by atoms with Gasteiger partial charge >= 0.3 is 12.6 Å². The molecule has 4 heterocycles. The van der Waals surface area contributed by atoms with Gasteiger partial charge in [-0.15, -0.1) is 0 Å². The first kappa shape index (κ1) is 17.7. The van der Waals surface area contributed by atoms with Crippen molar-refractivity contribution in [3.63, 3.8) is 0 Å². The summed E-state index contributed by atoms with van der Waals surface area (Å²) >= 11 is 0. The summed E-state index contributed by atoms with van der Waals surface area (Å²) in [5.41, 5.74) is 2.65. The lowest BCUT2D eigenvalue weighted by molar-refractivity contribution is 0.0680. The molecule has 1 spiro atoms. The molecule has 2 aliphatic rings. The number of carboxylic acid groups (broad SMARTS) is 1. The molecule has 1 unspecified atom stereocenters. The van der Waals surface area contributed by atoms with E-state index in [4.69, 9.17) is 0 Å². The van der Waals surface area contributed by atoms with Gasteiger partial charge in [0.1, 0.15) is 11.6 Å². The third-order valence-electron chi connectivity index (χ3n) is 5.58. The standard InChI is InChI=1S/C18H21F2N5O2/c1-10-13(14-8-25(16(19)20)11(2)22-14)7-12-3-4-18(23-15(12)21-10)5-6-24(9-18)17(26)27/h7-8,16H,3-6,9H2,1-2H3,(H,21,23)(H,26,27). The zero-order valence-electron chi connectivity index (χ0n) is 15.2. The van der Waals surface area contributed by atoms with Crippen LogP contribution in [0.1, 0.15) is 36.5 Å². The summed E-state index contributed by atoms with van der Waals surface area (Å²) < 4.78 is 26.9. The van der Waals surface area contributed by atoms with Gasteiger partial charge < -0.3 is 15.3 Å². The largest absolute Gasteiger partial charge is 0.465 e. The predicted octanol–water partition coefficient (Wildman–Crippen LogP) is 3.44. The lowest BCUT2D eigenvalue weighted by atomic mass is 9.86. The Morgan fingerprint density at radius 1 is 1.33 bits per heavy atom. The SMILES string of the molecule is Cc1nc2c(cc1-c1cn(C(F)F)c(C)n1)CCC1(CCN(C(=O)O)C1)N2. The van der Waals surface area contributed by atoms with E-state index in [1.165, 1.54) is 11.1 Å². The minimum atomic E-state index is -2.63. The first-order valence-electron chi connectivity index (χ1n) is 8.88. The molecule has 1 atom stereocenters. The molecular formula is C18H21F2N5O2. The van der Waals surface area contributed by atoms with Crippen LogP contribution < -0.4 is 5.32 Å². The molecule has 0 bridgehead atoms. The topological polar surface area (TPSA) is 83.3 Å². The number of nitrogens with zero attached hydrogens (tertiary/aromatic N) is 4. The summed E-state index contributed by atoms with van der Waals surface area (Å²) in [6.07, 6.45) is 2.77. The zero-order valence-corrected chi connectivity index (χ0v) is 15.2. The van der Waals surface area contributed by atoms with Crippen molar-refractivity contribution in [3.8, 4) is 11.3 Å². The minimum Gasteiger partial charge on any atom is -0.465 e. The number of halogens is 2. The van der Waals surface area contributed by atoms with Crippen molar-refractivity contribution < 1.29 is 18.7 Å². The summed E-state index contributed by atoms with van der Waals surface area (Å²) in [6, 6.07) is 1.96. The Labute approximate surface area is 155 Å². The van der Waals surface area contributed by atoms with E-state index in [0.29, 0.717) is 24.5 Å². The maximum absolute atomic E-state index is 13.0. The molecule has 9 heteroatoms. The molecule has 27 heavy (non-hydrogen) atoms. The van der Waals surface area contributed by atoms with Crippen molar-refractivity contribution in [3.05, 3.63) is 29.3 Å². The quantitative estimate of drug-likeness (QED) is 0.838. The lowest BCUT2D eigenvalue weighted by Crippen LogP contribution is -2.45. The van der Waals surface area contributed by atoms with Gasteiger partial charge in [-0.2, -0.15) is 8.78 Å². The summed E-state index contributed by atoms with van der Waals surface area (Å²) in [6.45, 7) is 1.71. The molecule has 1 amide bonds. The normalized spacial score (nSPS) is 21.6. The third-order valence-corrected chi connectivity index (χ3v) is 5.58. The van der Waals surface area contributed by atoms with Crippen molar-refractivity contribution in [2.24, 2.45) is 0 Å². The molecule has 0 aromatic carbocycles. The van der Waals surface area contributed by atoms with E-state index in [1.54, 1.807) is 6.92 Å². The molecule has 0 aliphatic carbocycles. The van der Waals surface area contributed by atoms with Crippen molar-refractivity contribution >= 4 is 11.9 Å². The first-order valence-corrected chi connectivity index (χ1v) is 8.88. The number of nitrogens with one attached hydrogen (secondary N) is 1. The second kappa shape index (κ2) is 6.17. The molecule has 1 saturated heterocycles. The Hall–Kier alpha value is -2.71. The van der Waals surface area contributed by atoms with Gasteiger partial charge in [0, 0.05) is 30.5 Å². The van der Waals surface area contributed by atoms with Crippen molar-refractivity contribution in [1.29, 1.82) is 0 Å². The molecule has 2 N–H and O–H groups in total. The zero-order chi connectivity index (χ0) is 19.3. The monoisotopic (exact) mass is 377 g/mol. The summed E-state index contributed by atoms with van der Waals surface area (Å²) in [7, 11) is 0. The van der Waals surface area contributed by atoms with E-state index in [0.717, 1.165) is 40.8 Å². The fraction of sp³-hybridized carbons (Fsp3) is 0.500. The molecule has 2 aromatic heterocycles. The van der Waals surface area contributed by atoms with Gasteiger partial charge in [0.15, 0.2) is 0 Å². The maximum atomic E-state index is 13.0. The Bertz CT molecular complexity index is 913. The van der Waals surface area contributed by atoms with Crippen LogP contribution in [0.2, 0.25) is 0 Å². The second-order valence-electron chi connectivity index (χ2n) is 7.35. The smallest absolute Gasteiger partial charge is 0.407 e. The highest BCUT2D eigenvalue weighted by Gasteiger charge is 2.42. The van der Waals surface area contributed by atoms with Crippen LogP contribution in [-0.4, -0.2) is 49.3 Å². The number of alkyl halides is 2. The van der Waals surface area contributed by atoms with E-state index in [-0.39, 0.29) is 11.4 Å². The van der Waals surface area contributed by atoms with Crippen molar-refractivity contribution in [2.45, 2.75) is 45.2 Å². The number of carbonyl (C=O) groups is 1. The van der Waals surface area contributed by atoms with Gasteiger partial charge in [-0.05, 0) is 44.7 Å². The Morgan fingerprint density at radius 3 is 2.74 bits per heavy atom. The summed E-state index contributed by atoms with van der Waals surface area (Å²) in [5, 5.41) is 12.7. The van der Waals surface area contributed by atoms with Gasteiger partial charge in [0.05, 0.1) is 11.2 Å². The average Bonchev–Trinajstić information content (AvgIpc) is 3.18. The highest BCUT2D eigenvalue weighted by atomic mass is 19.3. The number of hydrogen-bond acceptors (Lipinski definition) is 4. The highest BCUT2D eigenvalue weighted by Crippen LogP contribution is 2.38. The number of rotatable bonds is 2. The van der Waals surface area contributed by atoms with E-state index in [2.05, 4.69) is 15.3 Å². The molecule has 1 fully saturated rings. The molecular weight excluding hydrogens is 356 g/mol. The third kappa shape index (κ3) is 3.00. The lowest BCUT2D eigenvalue weighted by Gasteiger charge is -2.36. The average molecular weight is 377 g/mol. The van der Waals surface area contributed by atoms with E-state index in [9.17, 15) is 18.7 Å². The number of pyridine rings is 1. The Kier molecular flexibility index (Phi) is 4.05. The Balaban J connectivity index is 1.64. The van der Waals surface area contributed by atoms with Crippen LogP contribution in [0.5, 0.6) is 0 Å².